The maximum atomic E-state index is 4.87. The molecule has 1 nitrogen and oxygen atoms in total. The van der Waals surface area contributed by atoms with Crippen molar-refractivity contribution in [2.75, 3.05) is 0 Å². The van der Waals surface area contributed by atoms with Crippen LogP contribution in [0.4, 0.5) is 0 Å². The molecule has 0 aromatic heterocycles. The number of fused-ring (bicyclic) bond motifs is 1. The Morgan fingerprint density at radius 3 is 1.64 bits per heavy atom. The quantitative estimate of drug-likeness (QED) is 0.262. The van der Waals surface area contributed by atoms with Crippen LogP contribution >= 0.6 is 0 Å². The van der Waals surface area contributed by atoms with Gasteiger partial charge in [0.1, 0.15) is 0 Å². The Kier molecular flexibility index (Phi) is 9.89. The summed E-state index contributed by atoms with van der Waals surface area (Å²) >= 11 is 0. The molecule has 0 saturated carbocycles. The first kappa shape index (κ1) is 26.7. The number of hydrogen-bond acceptors (Lipinski definition) is 1. The van der Waals surface area contributed by atoms with Crippen LogP contribution in [0.25, 0.3) is 0 Å². The summed E-state index contributed by atoms with van der Waals surface area (Å²) in [7, 11) is 0. The minimum atomic E-state index is 0. The van der Waals surface area contributed by atoms with E-state index < -0.39 is 0 Å². The fraction of sp³-hybridized carbons (Fsp3) is 0.920. The van der Waals surface area contributed by atoms with Crippen LogP contribution in [0, 0.1) is 48.9 Å². The third kappa shape index (κ3) is 4.49. The number of hydrogen-bond donors (Lipinski definition) is 0. The molecule has 162 valence electrons. The molecule has 0 aromatic rings. The van der Waals surface area contributed by atoms with E-state index in [1.54, 1.807) is 0 Å². The zero-order chi connectivity index (χ0) is 20.8. The molecule has 2 saturated heterocycles. The summed E-state index contributed by atoms with van der Waals surface area (Å²) < 4.78 is 0. The van der Waals surface area contributed by atoms with Gasteiger partial charge in [-0.25, -0.2) is 0 Å². The van der Waals surface area contributed by atoms with Crippen molar-refractivity contribution < 1.29 is 21.1 Å². The van der Waals surface area contributed by atoms with Gasteiger partial charge in [0.05, 0.1) is 6.71 Å². The molecule has 0 aliphatic carbocycles. The Morgan fingerprint density at radius 2 is 1.18 bits per heavy atom. The van der Waals surface area contributed by atoms with Gasteiger partial charge in [-0.05, 0) is 55.4 Å². The summed E-state index contributed by atoms with van der Waals surface area (Å²) in [4.78, 5) is 2.94. The van der Waals surface area contributed by atoms with Gasteiger partial charge in [-0.1, -0.05) is 61.2 Å². The summed E-state index contributed by atoms with van der Waals surface area (Å²) in [6, 6.07) is 1.84. The second-order valence-electron chi connectivity index (χ2n) is 10.9. The Labute approximate surface area is 192 Å². The molecule has 12 unspecified atom stereocenters. The second kappa shape index (κ2) is 10.3. The van der Waals surface area contributed by atoms with Crippen molar-refractivity contribution in [2.45, 2.75) is 112 Å². The predicted molar refractivity (Wildman–Crippen MR) is 123 cm³/mol. The Bertz CT molecular complexity index is 485. The maximum absolute atomic E-state index is 4.87. The van der Waals surface area contributed by atoms with Gasteiger partial charge in [0.25, 0.3) is 0 Å². The molecule has 2 aliphatic rings. The molecule has 2 rings (SSSR count). The average molecular weight is 557 g/mol. The molecule has 12 atom stereocenters. The summed E-state index contributed by atoms with van der Waals surface area (Å²) in [5.41, 5.74) is 0. The van der Waals surface area contributed by atoms with Crippen LogP contribution in [0.3, 0.4) is 0 Å². The van der Waals surface area contributed by atoms with Gasteiger partial charge >= 0.3 is 21.1 Å². The summed E-state index contributed by atoms with van der Waals surface area (Å²) in [6.45, 7) is 32.9. The van der Waals surface area contributed by atoms with Gasteiger partial charge in [-0.15, -0.1) is 0 Å². The van der Waals surface area contributed by atoms with Crippen LogP contribution < -0.4 is 0 Å². The topological polar surface area (TPSA) is 3.24 Å². The normalized spacial score (nSPS) is 49.3. The van der Waals surface area contributed by atoms with E-state index in [1.807, 2.05) is 0 Å². The second-order valence-corrected chi connectivity index (χ2v) is 10.9. The van der Waals surface area contributed by atoms with Crippen molar-refractivity contribution in [3.8, 4) is 0 Å². The van der Waals surface area contributed by atoms with E-state index in [9.17, 15) is 0 Å². The predicted octanol–water partition coefficient (Wildman–Crippen LogP) is 6.98. The molecule has 0 bridgehead atoms. The van der Waals surface area contributed by atoms with E-state index in [0.717, 1.165) is 29.6 Å². The van der Waals surface area contributed by atoms with E-state index in [1.165, 1.54) is 0 Å². The summed E-state index contributed by atoms with van der Waals surface area (Å²) in [5, 5.41) is 0. The standard InChI is InChI=1S/C25H48BN.W/c1-13-14(2)26-21(9)24(12)27-23(11)19(7)17(5)15(3)16(4)18(6)20(8)25(27)22(26)10;/h13-25H,10H2,1-9,11-12H3;/q-2;+2. The van der Waals surface area contributed by atoms with E-state index >= 15 is 0 Å². The summed E-state index contributed by atoms with van der Waals surface area (Å²) in [6.07, 6.45) is 2.42. The fourth-order valence-corrected chi connectivity index (χ4v) is 7.04. The molecule has 2 fully saturated rings. The maximum Gasteiger partial charge on any atom is 2.00 e. The minimum Gasteiger partial charge on any atom is -0.346 e. The van der Waals surface area contributed by atoms with Crippen molar-refractivity contribution in [2.24, 2.45) is 35.5 Å². The summed E-state index contributed by atoms with van der Waals surface area (Å²) in [5.74, 6) is 6.28. The number of rotatable bonds is 2. The zero-order valence-electron chi connectivity index (χ0n) is 20.6. The largest absolute Gasteiger partial charge is 2.00 e. The molecular weight excluding hydrogens is 509 g/mol. The molecule has 2 heterocycles. The fourth-order valence-electron chi connectivity index (χ4n) is 7.04. The third-order valence-corrected chi connectivity index (χ3v) is 10.2. The Hall–Kier alpha value is 0.713. The van der Waals surface area contributed by atoms with Gasteiger partial charge in [-0.2, -0.15) is 18.6 Å². The first-order valence-corrected chi connectivity index (χ1v) is 11.9. The van der Waals surface area contributed by atoms with Gasteiger partial charge in [-0.3, -0.25) is 4.90 Å². The molecule has 0 aromatic carbocycles. The average Bonchev–Trinajstić information content (AvgIpc) is 2.66. The molecule has 0 spiro atoms. The van der Waals surface area contributed by atoms with Crippen molar-refractivity contribution >= 4 is 6.71 Å². The monoisotopic (exact) mass is 557 g/mol. The van der Waals surface area contributed by atoms with Gasteiger partial charge < -0.3 is 13.3 Å². The molecular formula is C25H48BNW. The molecule has 0 radical (unpaired) electrons. The Morgan fingerprint density at radius 1 is 0.750 bits per heavy atom. The van der Waals surface area contributed by atoms with E-state index in [-0.39, 0.29) is 21.1 Å². The van der Waals surface area contributed by atoms with Crippen LogP contribution in [0.2, 0.25) is 17.5 Å². The van der Waals surface area contributed by atoms with Crippen LogP contribution in [-0.4, -0.2) is 29.7 Å². The van der Waals surface area contributed by atoms with Gasteiger partial charge in [0.15, 0.2) is 0 Å². The van der Waals surface area contributed by atoms with Crippen LogP contribution in [0.5, 0.6) is 0 Å². The smallest absolute Gasteiger partial charge is 0.346 e. The molecule has 3 heteroatoms. The van der Waals surface area contributed by atoms with Crippen LogP contribution in [0.15, 0.2) is 0 Å². The zero-order valence-corrected chi connectivity index (χ0v) is 23.6. The van der Waals surface area contributed by atoms with Crippen LogP contribution in [-0.2, 0) is 21.1 Å². The van der Waals surface area contributed by atoms with Gasteiger partial charge in [0.2, 0.25) is 0 Å². The first-order valence-electron chi connectivity index (χ1n) is 11.9. The van der Waals surface area contributed by atoms with Gasteiger partial charge in [0, 0.05) is 12.1 Å². The minimum absolute atomic E-state index is 0. The van der Waals surface area contributed by atoms with Crippen LogP contribution in [0.1, 0.15) is 76.2 Å². The molecule has 0 amide bonds. The van der Waals surface area contributed by atoms with E-state index in [2.05, 4.69) is 87.5 Å². The van der Waals surface area contributed by atoms with E-state index in [0.29, 0.717) is 48.2 Å². The first-order chi connectivity index (χ1) is 12.5. The van der Waals surface area contributed by atoms with Crippen molar-refractivity contribution in [1.29, 1.82) is 0 Å². The molecule has 28 heavy (non-hydrogen) atoms. The molecule has 0 N–H and O–H groups in total. The Balaban J connectivity index is 0.00000392. The van der Waals surface area contributed by atoms with E-state index in [4.69, 9.17) is 6.92 Å². The number of nitrogens with zero attached hydrogens (tertiary/aromatic N) is 1. The van der Waals surface area contributed by atoms with Crippen molar-refractivity contribution in [3.05, 3.63) is 13.3 Å². The van der Waals surface area contributed by atoms with Crippen molar-refractivity contribution in [1.82, 2.24) is 4.90 Å². The van der Waals surface area contributed by atoms with Crippen molar-refractivity contribution in [3.63, 3.8) is 0 Å². The third-order valence-electron chi connectivity index (χ3n) is 10.2. The SMILES string of the molecule is [CH2-]C1B(C(C)[CH-]C)C(C)C(C)N2C(C)C(C)C(C)C(C)C(C)C(C)C(C)C12.[W+2]. The molecule has 2 aliphatic heterocycles.